The average Bonchev–Trinajstić information content (AvgIpc) is 2.34. The molecular formula is C16H29NO. The number of likely N-dealkylation sites (tertiary alicyclic amines) is 1. The summed E-state index contributed by atoms with van der Waals surface area (Å²) in [7, 11) is 0. The first kappa shape index (κ1) is 14.0. The number of hydrogen-bond donors (Lipinski definition) is 0. The lowest BCUT2D eigenvalue weighted by Gasteiger charge is -2.44. The SMILES string of the molecule is CC(C)(C)C(=O)CCN1CCCC2CCCCC21. The minimum absolute atomic E-state index is 0.165. The first-order valence-electron chi connectivity index (χ1n) is 7.76. The number of ketones is 1. The zero-order valence-electron chi connectivity index (χ0n) is 12.4. The fraction of sp³-hybridized carbons (Fsp3) is 0.938. The van der Waals surface area contributed by atoms with Gasteiger partial charge in [-0.25, -0.2) is 0 Å². The second-order valence-corrected chi connectivity index (χ2v) is 7.21. The molecule has 1 heterocycles. The molecule has 1 aliphatic heterocycles. The Morgan fingerprint density at radius 1 is 1.11 bits per heavy atom. The van der Waals surface area contributed by atoms with Gasteiger partial charge in [-0.1, -0.05) is 33.6 Å². The first-order valence-corrected chi connectivity index (χ1v) is 7.76. The van der Waals surface area contributed by atoms with Crippen molar-refractivity contribution in [2.75, 3.05) is 13.1 Å². The predicted molar refractivity (Wildman–Crippen MR) is 75.6 cm³/mol. The van der Waals surface area contributed by atoms with E-state index in [1.165, 1.54) is 45.1 Å². The van der Waals surface area contributed by atoms with Crippen molar-refractivity contribution in [3.05, 3.63) is 0 Å². The molecule has 1 saturated heterocycles. The standard InChI is InChI=1S/C16H29NO/c1-16(2,3)15(18)10-12-17-11-6-8-13-7-4-5-9-14(13)17/h13-14H,4-12H2,1-3H3. The van der Waals surface area contributed by atoms with Crippen molar-refractivity contribution in [2.24, 2.45) is 11.3 Å². The monoisotopic (exact) mass is 251 g/mol. The van der Waals surface area contributed by atoms with Gasteiger partial charge in [0.1, 0.15) is 5.78 Å². The van der Waals surface area contributed by atoms with E-state index in [-0.39, 0.29) is 5.41 Å². The molecule has 2 aliphatic rings. The number of carbonyl (C=O) groups is 1. The molecule has 0 aromatic rings. The third kappa shape index (κ3) is 3.34. The second kappa shape index (κ2) is 5.73. The average molecular weight is 251 g/mol. The Balaban J connectivity index is 1.86. The Hall–Kier alpha value is -0.370. The molecule has 18 heavy (non-hydrogen) atoms. The van der Waals surface area contributed by atoms with E-state index in [2.05, 4.69) is 4.90 Å². The van der Waals surface area contributed by atoms with Crippen LogP contribution in [0.15, 0.2) is 0 Å². The molecule has 1 aliphatic carbocycles. The Bertz CT molecular complexity index is 290. The third-order valence-electron chi connectivity index (χ3n) is 4.82. The van der Waals surface area contributed by atoms with Crippen LogP contribution in [0, 0.1) is 11.3 Å². The van der Waals surface area contributed by atoms with Crippen LogP contribution in [0.2, 0.25) is 0 Å². The van der Waals surface area contributed by atoms with E-state index in [4.69, 9.17) is 0 Å². The summed E-state index contributed by atoms with van der Waals surface area (Å²) in [5, 5.41) is 0. The van der Waals surface area contributed by atoms with Crippen LogP contribution < -0.4 is 0 Å². The van der Waals surface area contributed by atoms with Crippen molar-refractivity contribution in [1.82, 2.24) is 4.90 Å². The van der Waals surface area contributed by atoms with Gasteiger partial charge < -0.3 is 0 Å². The quantitative estimate of drug-likeness (QED) is 0.763. The topological polar surface area (TPSA) is 20.3 Å². The molecule has 0 amide bonds. The highest BCUT2D eigenvalue weighted by Gasteiger charge is 2.33. The van der Waals surface area contributed by atoms with Gasteiger partial charge in [-0.3, -0.25) is 9.69 Å². The number of rotatable bonds is 3. The molecule has 0 N–H and O–H groups in total. The Kier molecular flexibility index (Phi) is 4.47. The highest BCUT2D eigenvalue weighted by molar-refractivity contribution is 5.83. The zero-order valence-corrected chi connectivity index (χ0v) is 12.4. The van der Waals surface area contributed by atoms with Gasteiger partial charge in [-0.05, 0) is 38.1 Å². The second-order valence-electron chi connectivity index (χ2n) is 7.21. The highest BCUT2D eigenvalue weighted by atomic mass is 16.1. The fourth-order valence-electron chi connectivity index (χ4n) is 3.63. The van der Waals surface area contributed by atoms with E-state index in [1.54, 1.807) is 0 Å². The lowest BCUT2D eigenvalue weighted by molar-refractivity contribution is -0.127. The van der Waals surface area contributed by atoms with Crippen molar-refractivity contribution in [2.45, 2.75) is 71.8 Å². The van der Waals surface area contributed by atoms with E-state index < -0.39 is 0 Å². The van der Waals surface area contributed by atoms with Gasteiger partial charge in [0.25, 0.3) is 0 Å². The van der Waals surface area contributed by atoms with Gasteiger partial charge in [-0.2, -0.15) is 0 Å². The van der Waals surface area contributed by atoms with Crippen LogP contribution in [-0.4, -0.2) is 29.8 Å². The molecule has 0 aromatic heterocycles. The van der Waals surface area contributed by atoms with Crippen LogP contribution in [0.5, 0.6) is 0 Å². The van der Waals surface area contributed by atoms with E-state index >= 15 is 0 Å². The van der Waals surface area contributed by atoms with E-state index in [0.29, 0.717) is 5.78 Å². The molecule has 2 atom stereocenters. The summed E-state index contributed by atoms with van der Waals surface area (Å²) in [5.41, 5.74) is -0.165. The molecule has 2 fully saturated rings. The molecule has 2 nitrogen and oxygen atoms in total. The van der Waals surface area contributed by atoms with Crippen LogP contribution in [0.4, 0.5) is 0 Å². The predicted octanol–water partition coefficient (Wildman–Crippen LogP) is 3.65. The van der Waals surface area contributed by atoms with Gasteiger partial charge >= 0.3 is 0 Å². The Morgan fingerprint density at radius 3 is 2.50 bits per heavy atom. The van der Waals surface area contributed by atoms with Crippen LogP contribution in [-0.2, 0) is 4.79 Å². The Labute approximate surface area is 112 Å². The lowest BCUT2D eigenvalue weighted by Crippen LogP contribution is -2.47. The molecule has 2 rings (SSSR count). The maximum atomic E-state index is 12.0. The van der Waals surface area contributed by atoms with Crippen LogP contribution in [0.3, 0.4) is 0 Å². The van der Waals surface area contributed by atoms with E-state index in [9.17, 15) is 4.79 Å². The molecule has 0 radical (unpaired) electrons. The number of fused-ring (bicyclic) bond motifs is 1. The molecule has 2 heteroatoms. The first-order chi connectivity index (χ1) is 8.48. The molecular weight excluding hydrogens is 222 g/mol. The summed E-state index contributed by atoms with van der Waals surface area (Å²) in [5.74, 6) is 1.35. The van der Waals surface area contributed by atoms with Crippen LogP contribution in [0.25, 0.3) is 0 Å². The molecule has 1 saturated carbocycles. The third-order valence-corrected chi connectivity index (χ3v) is 4.82. The fourth-order valence-corrected chi connectivity index (χ4v) is 3.63. The largest absolute Gasteiger partial charge is 0.300 e. The van der Waals surface area contributed by atoms with Crippen LogP contribution >= 0.6 is 0 Å². The van der Waals surface area contributed by atoms with Gasteiger partial charge in [-0.15, -0.1) is 0 Å². The molecule has 0 spiro atoms. The smallest absolute Gasteiger partial charge is 0.139 e. The van der Waals surface area contributed by atoms with Crippen molar-refractivity contribution in [1.29, 1.82) is 0 Å². The summed E-state index contributed by atoms with van der Waals surface area (Å²) in [4.78, 5) is 14.7. The summed E-state index contributed by atoms with van der Waals surface area (Å²) < 4.78 is 0. The summed E-state index contributed by atoms with van der Waals surface area (Å²) in [6, 6.07) is 0.792. The minimum Gasteiger partial charge on any atom is -0.300 e. The number of piperidine rings is 1. The van der Waals surface area contributed by atoms with Gasteiger partial charge in [0, 0.05) is 24.4 Å². The maximum Gasteiger partial charge on any atom is 0.139 e. The zero-order chi connectivity index (χ0) is 13.2. The molecule has 104 valence electrons. The number of hydrogen-bond acceptors (Lipinski definition) is 2. The van der Waals surface area contributed by atoms with E-state index in [1.807, 2.05) is 20.8 Å². The summed E-state index contributed by atoms with van der Waals surface area (Å²) in [6.45, 7) is 8.33. The van der Waals surface area contributed by atoms with Crippen molar-refractivity contribution in [3.8, 4) is 0 Å². The molecule has 2 unspecified atom stereocenters. The van der Waals surface area contributed by atoms with Crippen molar-refractivity contribution < 1.29 is 4.79 Å². The van der Waals surface area contributed by atoms with Gasteiger partial charge in [0.15, 0.2) is 0 Å². The number of Topliss-reactive ketones (excluding diaryl/α,β-unsaturated/α-hetero) is 1. The van der Waals surface area contributed by atoms with E-state index in [0.717, 1.165) is 24.9 Å². The van der Waals surface area contributed by atoms with Crippen molar-refractivity contribution >= 4 is 5.78 Å². The minimum atomic E-state index is -0.165. The van der Waals surface area contributed by atoms with Gasteiger partial charge in [0.2, 0.25) is 0 Å². The maximum absolute atomic E-state index is 12.0. The van der Waals surface area contributed by atoms with Gasteiger partial charge in [0.05, 0.1) is 0 Å². The Morgan fingerprint density at radius 2 is 1.78 bits per heavy atom. The number of nitrogens with zero attached hydrogens (tertiary/aromatic N) is 1. The lowest BCUT2D eigenvalue weighted by atomic mass is 9.78. The molecule has 0 bridgehead atoms. The highest BCUT2D eigenvalue weighted by Crippen LogP contribution is 2.35. The summed E-state index contributed by atoms with van der Waals surface area (Å²) >= 11 is 0. The normalized spacial score (nSPS) is 29.9. The summed E-state index contributed by atoms with van der Waals surface area (Å²) in [6.07, 6.45) is 9.12. The number of carbonyl (C=O) groups excluding carboxylic acids is 1. The van der Waals surface area contributed by atoms with Crippen molar-refractivity contribution in [3.63, 3.8) is 0 Å². The molecule has 0 aromatic carbocycles. The van der Waals surface area contributed by atoms with Crippen LogP contribution in [0.1, 0.15) is 65.7 Å².